The van der Waals surface area contributed by atoms with Crippen LogP contribution in [-0.4, -0.2) is 33.0 Å². The van der Waals surface area contributed by atoms with Crippen LogP contribution in [0.15, 0.2) is 71.7 Å². The van der Waals surface area contributed by atoms with Crippen molar-refractivity contribution < 1.29 is 23.8 Å². The summed E-state index contributed by atoms with van der Waals surface area (Å²) in [6.07, 6.45) is 1.20. The maximum Gasteiger partial charge on any atom is 0.305 e. The van der Waals surface area contributed by atoms with E-state index in [9.17, 15) is 23.9 Å². The summed E-state index contributed by atoms with van der Waals surface area (Å²) in [7, 11) is 0. The third-order valence-corrected chi connectivity index (χ3v) is 5.32. The highest BCUT2D eigenvalue weighted by Crippen LogP contribution is 2.29. The van der Waals surface area contributed by atoms with Gasteiger partial charge in [-0.25, -0.2) is 4.39 Å². The van der Waals surface area contributed by atoms with E-state index in [2.05, 4.69) is 0 Å². The van der Waals surface area contributed by atoms with Crippen LogP contribution in [0.1, 0.15) is 34.1 Å². The number of carbonyl (C=O) groups excluding carboxylic acids is 1. The molecule has 164 valence electrons. The van der Waals surface area contributed by atoms with Crippen LogP contribution in [0.3, 0.4) is 0 Å². The fourth-order valence-electron chi connectivity index (χ4n) is 3.80. The molecule has 2 heterocycles. The van der Waals surface area contributed by atoms with Gasteiger partial charge >= 0.3 is 5.97 Å². The van der Waals surface area contributed by atoms with Crippen LogP contribution in [0.5, 0.6) is 5.75 Å². The number of ether oxygens (including phenoxy) is 1. The first kappa shape index (κ1) is 21.3. The molecular formula is C24H21FN2O5. The summed E-state index contributed by atoms with van der Waals surface area (Å²) in [5, 5.41) is 9.39. The van der Waals surface area contributed by atoms with Crippen molar-refractivity contribution >= 4 is 11.9 Å². The minimum atomic E-state index is -1.03. The fraction of sp³-hybridized carbons (Fsp3) is 0.208. The lowest BCUT2D eigenvalue weighted by atomic mass is 10.1. The molecule has 0 spiro atoms. The average molecular weight is 436 g/mol. The Morgan fingerprint density at radius 1 is 1.03 bits per heavy atom. The van der Waals surface area contributed by atoms with Crippen molar-refractivity contribution in [3.8, 4) is 5.75 Å². The third-order valence-electron chi connectivity index (χ3n) is 5.32. The lowest BCUT2D eigenvalue weighted by Crippen LogP contribution is -2.44. The highest BCUT2D eigenvalue weighted by atomic mass is 19.1. The highest BCUT2D eigenvalue weighted by Gasteiger charge is 2.35. The Kier molecular flexibility index (Phi) is 6.02. The average Bonchev–Trinajstić information content (AvgIpc) is 2.78. The minimum Gasteiger partial charge on any atom is -0.483 e. The number of hydrogen-bond acceptors (Lipinski definition) is 4. The second-order valence-corrected chi connectivity index (χ2v) is 7.60. The number of amides is 1. The molecule has 7 nitrogen and oxygen atoms in total. The molecule has 0 saturated heterocycles. The number of hydrogen-bond donors (Lipinski definition) is 1. The molecule has 2 aromatic carbocycles. The number of benzene rings is 2. The molecular weight excluding hydrogens is 415 g/mol. The quantitative estimate of drug-likeness (QED) is 0.614. The largest absolute Gasteiger partial charge is 0.483 e. The van der Waals surface area contributed by atoms with E-state index >= 15 is 0 Å². The summed E-state index contributed by atoms with van der Waals surface area (Å²) in [4.78, 5) is 38.9. The van der Waals surface area contributed by atoms with Gasteiger partial charge in [0, 0.05) is 25.4 Å². The number of carboxylic acid groups (broad SMARTS) is 1. The van der Waals surface area contributed by atoms with Crippen molar-refractivity contribution in [2.45, 2.75) is 25.6 Å². The smallest absolute Gasteiger partial charge is 0.305 e. The summed E-state index contributed by atoms with van der Waals surface area (Å²) in [5.74, 6) is -1.98. The molecule has 0 bridgehead atoms. The van der Waals surface area contributed by atoms with Crippen LogP contribution in [0.4, 0.5) is 4.39 Å². The molecule has 1 aliphatic rings. The zero-order valence-electron chi connectivity index (χ0n) is 17.1. The van der Waals surface area contributed by atoms with Gasteiger partial charge in [0.1, 0.15) is 12.4 Å². The van der Waals surface area contributed by atoms with Gasteiger partial charge in [-0.15, -0.1) is 0 Å². The van der Waals surface area contributed by atoms with E-state index in [1.165, 1.54) is 33.9 Å². The lowest BCUT2D eigenvalue weighted by molar-refractivity contribution is -0.138. The monoisotopic (exact) mass is 436 g/mol. The molecule has 0 fully saturated rings. The predicted molar refractivity (Wildman–Crippen MR) is 114 cm³/mol. The van der Waals surface area contributed by atoms with E-state index in [0.29, 0.717) is 5.56 Å². The number of carbonyl (C=O) groups is 2. The second kappa shape index (κ2) is 9.05. The molecule has 0 aliphatic carbocycles. The summed E-state index contributed by atoms with van der Waals surface area (Å²) >= 11 is 0. The van der Waals surface area contributed by atoms with Gasteiger partial charge in [-0.2, -0.15) is 0 Å². The Morgan fingerprint density at radius 3 is 2.44 bits per heavy atom. The van der Waals surface area contributed by atoms with Crippen LogP contribution < -0.4 is 10.2 Å². The summed E-state index contributed by atoms with van der Waals surface area (Å²) in [6.45, 7) is 0.370. The zero-order chi connectivity index (χ0) is 22.7. The van der Waals surface area contributed by atoms with Gasteiger partial charge in [-0.3, -0.25) is 14.4 Å². The number of aromatic nitrogens is 1. The minimum absolute atomic E-state index is 0.0213. The van der Waals surface area contributed by atoms with Gasteiger partial charge in [0.15, 0.2) is 11.4 Å². The molecule has 32 heavy (non-hydrogen) atoms. The molecule has 8 heteroatoms. The van der Waals surface area contributed by atoms with Crippen molar-refractivity contribution in [2.75, 3.05) is 6.54 Å². The van der Waals surface area contributed by atoms with E-state index < -0.39 is 29.2 Å². The Balaban J connectivity index is 1.71. The Hall–Kier alpha value is -3.94. The summed E-state index contributed by atoms with van der Waals surface area (Å²) in [6, 6.07) is 15.6. The normalized spacial score (nSPS) is 15.3. The molecule has 1 amide bonds. The van der Waals surface area contributed by atoms with Crippen LogP contribution in [0.25, 0.3) is 0 Å². The number of carboxylic acids is 1. The molecule has 4 rings (SSSR count). The Morgan fingerprint density at radius 2 is 1.75 bits per heavy atom. The number of fused-ring (bicyclic) bond motifs is 1. The summed E-state index contributed by atoms with van der Waals surface area (Å²) < 4.78 is 20.6. The zero-order valence-corrected chi connectivity index (χ0v) is 17.1. The topological polar surface area (TPSA) is 88.8 Å². The van der Waals surface area contributed by atoms with E-state index in [1.807, 2.05) is 30.3 Å². The van der Waals surface area contributed by atoms with Crippen LogP contribution in [0, 0.1) is 5.82 Å². The van der Waals surface area contributed by atoms with E-state index in [4.69, 9.17) is 4.74 Å². The number of aliphatic carboxylic acids is 1. The lowest BCUT2D eigenvalue weighted by Gasteiger charge is -2.36. The SMILES string of the molecule is O=C(O)CC1CN(Cc2ccc(F)cc2)C(=O)c2c(OCc3ccccc3)c(=O)ccn21. The van der Waals surface area contributed by atoms with Gasteiger partial charge in [0.05, 0.1) is 12.5 Å². The van der Waals surface area contributed by atoms with Crippen LogP contribution in [-0.2, 0) is 17.9 Å². The van der Waals surface area contributed by atoms with Crippen molar-refractivity contribution in [3.05, 3.63) is 99.7 Å². The van der Waals surface area contributed by atoms with E-state index in [1.54, 1.807) is 12.1 Å². The fourth-order valence-corrected chi connectivity index (χ4v) is 3.80. The Bertz CT molecular complexity index is 1190. The standard InChI is InChI=1S/C24H21FN2O5/c25-18-8-6-16(7-9-18)13-26-14-19(12-21(29)30)27-11-10-20(28)23(22(27)24(26)31)32-15-17-4-2-1-3-5-17/h1-11,19H,12-15H2,(H,29,30). The van der Waals surface area contributed by atoms with Gasteiger partial charge in [0.25, 0.3) is 5.91 Å². The molecule has 3 aromatic rings. The molecule has 1 aromatic heterocycles. The molecule has 1 atom stereocenters. The van der Waals surface area contributed by atoms with Crippen molar-refractivity contribution in [1.82, 2.24) is 9.47 Å². The maximum absolute atomic E-state index is 13.4. The molecule has 0 saturated carbocycles. The number of rotatable bonds is 7. The number of halogens is 1. The van der Waals surface area contributed by atoms with Gasteiger partial charge in [-0.1, -0.05) is 42.5 Å². The van der Waals surface area contributed by atoms with E-state index in [0.717, 1.165) is 5.56 Å². The third kappa shape index (κ3) is 4.54. The molecule has 1 unspecified atom stereocenters. The van der Waals surface area contributed by atoms with Crippen molar-refractivity contribution in [1.29, 1.82) is 0 Å². The van der Waals surface area contributed by atoms with Gasteiger partial charge in [-0.05, 0) is 23.3 Å². The van der Waals surface area contributed by atoms with Gasteiger partial charge < -0.3 is 19.3 Å². The van der Waals surface area contributed by atoms with E-state index in [-0.39, 0.29) is 37.6 Å². The molecule has 1 aliphatic heterocycles. The second-order valence-electron chi connectivity index (χ2n) is 7.60. The molecule has 0 radical (unpaired) electrons. The Labute approximate surface area is 183 Å². The first-order valence-corrected chi connectivity index (χ1v) is 10.1. The number of nitrogens with zero attached hydrogens (tertiary/aromatic N) is 2. The summed E-state index contributed by atoms with van der Waals surface area (Å²) in [5.41, 5.74) is 1.07. The first-order valence-electron chi connectivity index (χ1n) is 10.1. The highest BCUT2D eigenvalue weighted by molar-refractivity contribution is 5.96. The predicted octanol–water partition coefficient (Wildman–Crippen LogP) is 3.24. The van der Waals surface area contributed by atoms with Gasteiger partial charge in [0.2, 0.25) is 5.43 Å². The van der Waals surface area contributed by atoms with Crippen molar-refractivity contribution in [2.24, 2.45) is 0 Å². The maximum atomic E-state index is 13.4. The van der Waals surface area contributed by atoms with Crippen LogP contribution >= 0.6 is 0 Å². The number of pyridine rings is 1. The molecule has 1 N–H and O–H groups in total. The first-order chi connectivity index (χ1) is 15.4. The van der Waals surface area contributed by atoms with Crippen molar-refractivity contribution in [3.63, 3.8) is 0 Å². The van der Waals surface area contributed by atoms with Crippen LogP contribution in [0.2, 0.25) is 0 Å².